The van der Waals surface area contributed by atoms with Crippen LogP contribution < -0.4 is 5.32 Å². The summed E-state index contributed by atoms with van der Waals surface area (Å²) in [6.07, 6.45) is 4.63. The van der Waals surface area contributed by atoms with E-state index in [2.05, 4.69) is 49.5 Å². The zero-order valence-electron chi connectivity index (χ0n) is 11.3. The van der Waals surface area contributed by atoms with Crippen LogP contribution in [-0.2, 0) is 0 Å². The van der Waals surface area contributed by atoms with E-state index in [0.717, 1.165) is 12.8 Å². The molecule has 0 aromatic heterocycles. The fourth-order valence-electron chi connectivity index (χ4n) is 2.84. The van der Waals surface area contributed by atoms with Crippen LogP contribution in [0.15, 0.2) is 24.3 Å². The second kappa shape index (κ2) is 6.02. The molecule has 0 saturated heterocycles. The van der Waals surface area contributed by atoms with E-state index in [9.17, 15) is 5.26 Å². The molecule has 3 atom stereocenters. The predicted molar refractivity (Wildman–Crippen MR) is 74.1 cm³/mol. The van der Waals surface area contributed by atoms with E-state index in [1.807, 2.05) is 0 Å². The molecule has 1 aliphatic carbocycles. The summed E-state index contributed by atoms with van der Waals surface area (Å²) in [4.78, 5) is 0. The lowest BCUT2D eigenvalue weighted by molar-refractivity contribution is 0.292. The van der Waals surface area contributed by atoms with Crippen LogP contribution in [0, 0.1) is 24.2 Å². The average Bonchev–Trinajstić information content (AvgIpc) is 2.39. The van der Waals surface area contributed by atoms with Gasteiger partial charge < -0.3 is 5.32 Å². The summed E-state index contributed by atoms with van der Waals surface area (Å²) in [7, 11) is 0. The molecule has 2 nitrogen and oxygen atoms in total. The van der Waals surface area contributed by atoms with Crippen molar-refractivity contribution in [2.24, 2.45) is 5.92 Å². The summed E-state index contributed by atoms with van der Waals surface area (Å²) in [5.74, 6) is 0.186. The van der Waals surface area contributed by atoms with E-state index in [1.54, 1.807) is 0 Å². The summed E-state index contributed by atoms with van der Waals surface area (Å²) in [6, 6.07) is 11.8. The van der Waals surface area contributed by atoms with Gasteiger partial charge in [-0.1, -0.05) is 42.7 Å². The van der Waals surface area contributed by atoms with Gasteiger partial charge in [-0.3, -0.25) is 0 Å². The van der Waals surface area contributed by atoms with Crippen LogP contribution >= 0.6 is 0 Å². The van der Waals surface area contributed by atoms with Crippen molar-refractivity contribution in [2.45, 2.75) is 51.6 Å². The molecule has 2 heteroatoms. The number of nitriles is 1. The Kier molecular flexibility index (Phi) is 4.38. The topological polar surface area (TPSA) is 35.8 Å². The fourth-order valence-corrected chi connectivity index (χ4v) is 2.84. The minimum absolute atomic E-state index is 0.186. The largest absolute Gasteiger partial charge is 0.306 e. The molecule has 1 fully saturated rings. The Hall–Kier alpha value is -1.33. The zero-order chi connectivity index (χ0) is 13.0. The Balaban J connectivity index is 2.02. The number of rotatable bonds is 3. The summed E-state index contributed by atoms with van der Waals surface area (Å²) >= 11 is 0. The van der Waals surface area contributed by atoms with Crippen molar-refractivity contribution >= 4 is 0 Å². The highest BCUT2D eigenvalue weighted by atomic mass is 15.0. The van der Waals surface area contributed by atoms with Crippen LogP contribution in [0.3, 0.4) is 0 Å². The molecule has 0 aliphatic heterocycles. The second-order valence-corrected chi connectivity index (χ2v) is 5.43. The maximum absolute atomic E-state index is 9.20. The van der Waals surface area contributed by atoms with Crippen molar-refractivity contribution in [3.8, 4) is 6.07 Å². The Bertz CT molecular complexity index is 433. The molecule has 1 aliphatic rings. The highest BCUT2D eigenvalue weighted by Gasteiger charge is 2.26. The summed E-state index contributed by atoms with van der Waals surface area (Å²) < 4.78 is 0. The maximum atomic E-state index is 9.20. The van der Waals surface area contributed by atoms with Crippen molar-refractivity contribution in [2.75, 3.05) is 0 Å². The molecule has 0 amide bonds. The van der Waals surface area contributed by atoms with Gasteiger partial charge in [0.05, 0.1) is 12.0 Å². The second-order valence-electron chi connectivity index (χ2n) is 5.43. The lowest BCUT2D eigenvalue weighted by Gasteiger charge is -2.30. The molecule has 1 aromatic carbocycles. The first-order valence-electron chi connectivity index (χ1n) is 6.93. The third-order valence-corrected chi connectivity index (χ3v) is 3.94. The number of hydrogen-bond acceptors (Lipinski definition) is 2. The number of nitrogens with one attached hydrogen (secondary N) is 1. The van der Waals surface area contributed by atoms with Gasteiger partial charge in [-0.25, -0.2) is 0 Å². The number of nitrogens with zero attached hydrogens (tertiary/aromatic N) is 1. The smallest absolute Gasteiger partial charge is 0.0672 e. The molecule has 0 spiro atoms. The molecule has 96 valence electrons. The number of hydrogen-bond donors (Lipinski definition) is 1. The summed E-state index contributed by atoms with van der Waals surface area (Å²) in [5, 5.41) is 12.8. The monoisotopic (exact) mass is 242 g/mol. The third kappa shape index (κ3) is 3.11. The van der Waals surface area contributed by atoms with Gasteiger partial charge in [0.2, 0.25) is 0 Å². The van der Waals surface area contributed by atoms with Gasteiger partial charge in [0.15, 0.2) is 0 Å². The zero-order valence-corrected chi connectivity index (χ0v) is 11.3. The van der Waals surface area contributed by atoms with E-state index in [1.165, 1.54) is 24.0 Å². The van der Waals surface area contributed by atoms with Gasteiger partial charge in [0.25, 0.3) is 0 Å². The highest BCUT2D eigenvalue weighted by Crippen LogP contribution is 2.26. The van der Waals surface area contributed by atoms with Crippen molar-refractivity contribution in [3.63, 3.8) is 0 Å². The van der Waals surface area contributed by atoms with Crippen LogP contribution in [0.1, 0.15) is 49.8 Å². The molecule has 2 unspecified atom stereocenters. The molecular formula is C16H22N2. The molecule has 0 heterocycles. The van der Waals surface area contributed by atoms with E-state index in [0.29, 0.717) is 12.1 Å². The van der Waals surface area contributed by atoms with Gasteiger partial charge in [-0.15, -0.1) is 0 Å². The van der Waals surface area contributed by atoms with Crippen LogP contribution in [0.4, 0.5) is 0 Å². The summed E-state index contributed by atoms with van der Waals surface area (Å²) in [5.41, 5.74) is 2.61. The van der Waals surface area contributed by atoms with E-state index in [-0.39, 0.29) is 5.92 Å². The molecule has 1 aromatic rings. The third-order valence-electron chi connectivity index (χ3n) is 3.94. The van der Waals surface area contributed by atoms with E-state index >= 15 is 0 Å². The first-order valence-corrected chi connectivity index (χ1v) is 6.93. The summed E-state index contributed by atoms with van der Waals surface area (Å²) in [6.45, 7) is 4.31. The van der Waals surface area contributed by atoms with Crippen LogP contribution in [0.25, 0.3) is 0 Å². The highest BCUT2D eigenvalue weighted by molar-refractivity contribution is 5.24. The molecular weight excluding hydrogens is 220 g/mol. The first-order chi connectivity index (χ1) is 8.70. The van der Waals surface area contributed by atoms with Gasteiger partial charge in [-0.2, -0.15) is 5.26 Å². The lowest BCUT2D eigenvalue weighted by Crippen LogP contribution is -2.39. The van der Waals surface area contributed by atoms with Crippen molar-refractivity contribution in [1.82, 2.24) is 5.32 Å². The van der Waals surface area contributed by atoms with Gasteiger partial charge in [0, 0.05) is 12.1 Å². The van der Waals surface area contributed by atoms with Crippen molar-refractivity contribution in [3.05, 3.63) is 35.4 Å². The Labute approximate surface area is 110 Å². The maximum Gasteiger partial charge on any atom is 0.0672 e. The molecule has 2 rings (SSSR count). The molecule has 0 radical (unpaired) electrons. The fraction of sp³-hybridized carbons (Fsp3) is 0.562. The van der Waals surface area contributed by atoms with Crippen LogP contribution in [0.2, 0.25) is 0 Å². The molecule has 1 saturated carbocycles. The number of benzene rings is 1. The minimum Gasteiger partial charge on any atom is -0.306 e. The van der Waals surface area contributed by atoms with Gasteiger partial charge in [-0.05, 0) is 32.3 Å². The normalized spacial score (nSPS) is 25.4. The Morgan fingerprint density at radius 2 is 2.11 bits per heavy atom. The van der Waals surface area contributed by atoms with Gasteiger partial charge >= 0.3 is 0 Å². The minimum atomic E-state index is 0.186. The molecule has 1 N–H and O–H groups in total. The van der Waals surface area contributed by atoms with Crippen molar-refractivity contribution in [1.29, 1.82) is 5.26 Å². The van der Waals surface area contributed by atoms with E-state index < -0.39 is 0 Å². The molecule has 0 bridgehead atoms. The number of aryl methyl sites for hydroxylation is 1. The van der Waals surface area contributed by atoms with Crippen LogP contribution in [0.5, 0.6) is 0 Å². The lowest BCUT2D eigenvalue weighted by atomic mass is 9.85. The molecule has 18 heavy (non-hydrogen) atoms. The Morgan fingerprint density at radius 1 is 1.33 bits per heavy atom. The predicted octanol–water partition coefficient (Wildman–Crippen LogP) is 3.73. The van der Waals surface area contributed by atoms with E-state index in [4.69, 9.17) is 0 Å². The van der Waals surface area contributed by atoms with Crippen molar-refractivity contribution < 1.29 is 0 Å². The quantitative estimate of drug-likeness (QED) is 0.876. The SMILES string of the molecule is Cc1cccc([C@@H](C)NC2CCCCC2C#N)c1. The average molecular weight is 242 g/mol. The standard InChI is InChI=1S/C16H22N2/c1-12-6-5-8-14(10-12)13(2)18-16-9-4-3-7-15(16)11-17/h5-6,8,10,13,15-16,18H,3-4,7,9H2,1-2H3/t13-,15?,16?/m1/s1. The van der Waals surface area contributed by atoms with Gasteiger partial charge in [0.1, 0.15) is 0 Å². The van der Waals surface area contributed by atoms with Crippen LogP contribution in [-0.4, -0.2) is 6.04 Å². The first kappa shape index (κ1) is 13.1. The Morgan fingerprint density at radius 3 is 2.83 bits per heavy atom.